The van der Waals surface area contributed by atoms with E-state index >= 15 is 0 Å². The normalized spacial score (nSPS) is 17.2. The fourth-order valence-electron chi connectivity index (χ4n) is 4.27. The van der Waals surface area contributed by atoms with Crippen LogP contribution >= 0.6 is 11.6 Å². The number of hydrogen-bond acceptors (Lipinski definition) is 3. The highest BCUT2D eigenvalue weighted by Crippen LogP contribution is 2.28. The van der Waals surface area contributed by atoms with Crippen molar-refractivity contribution >= 4 is 35.0 Å². The van der Waals surface area contributed by atoms with E-state index < -0.39 is 0 Å². The number of hydrogen-bond donors (Lipinski definition) is 2. The van der Waals surface area contributed by atoms with Crippen molar-refractivity contribution in [3.8, 4) is 0 Å². The van der Waals surface area contributed by atoms with Crippen LogP contribution in [-0.2, 0) is 4.79 Å². The zero-order valence-electron chi connectivity index (χ0n) is 17.5. The summed E-state index contributed by atoms with van der Waals surface area (Å²) in [6.07, 6.45) is 10.7. The van der Waals surface area contributed by atoms with Crippen molar-refractivity contribution in [2.24, 2.45) is 0 Å². The highest BCUT2D eigenvalue weighted by Gasteiger charge is 2.26. The van der Waals surface area contributed by atoms with E-state index in [1.807, 2.05) is 21.7 Å². The first kappa shape index (κ1) is 21.4. The van der Waals surface area contributed by atoms with Crippen LogP contribution in [0.4, 0.5) is 16.3 Å². The quantitative estimate of drug-likeness (QED) is 0.623. The number of anilines is 2. The van der Waals surface area contributed by atoms with Gasteiger partial charge in [0.25, 0.3) is 0 Å². The van der Waals surface area contributed by atoms with E-state index in [0.717, 1.165) is 25.7 Å². The number of likely N-dealkylation sites (tertiary alicyclic amines) is 1. The lowest BCUT2D eigenvalue weighted by Gasteiger charge is -2.33. The zero-order chi connectivity index (χ0) is 21.6. The maximum atomic E-state index is 12.7. The maximum absolute atomic E-state index is 12.7. The molecular formula is C23H28ClN5O2. The molecule has 1 fully saturated rings. The molecule has 7 nitrogen and oxygen atoms in total. The third-order valence-electron chi connectivity index (χ3n) is 5.96. The number of allylic oxidation sites excluding steroid dienone is 1. The van der Waals surface area contributed by atoms with E-state index in [1.54, 1.807) is 24.4 Å². The highest BCUT2D eigenvalue weighted by molar-refractivity contribution is 6.33. The summed E-state index contributed by atoms with van der Waals surface area (Å²) in [7, 11) is 0. The fourth-order valence-corrected chi connectivity index (χ4v) is 4.45. The van der Waals surface area contributed by atoms with Gasteiger partial charge in [-0.3, -0.25) is 10.1 Å². The molecule has 0 atom stereocenters. The molecule has 0 bridgehead atoms. The van der Waals surface area contributed by atoms with Gasteiger partial charge in [0, 0.05) is 25.6 Å². The van der Waals surface area contributed by atoms with Gasteiger partial charge in [0.05, 0.1) is 22.9 Å². The summed E-state index contributed by atoms with van der Waals surface area (Å²) in [6, 6.07) is 8.64. The van der Waals surface area contributed by atoms with Crippen LogP contribution in [0.15, 0.2) is 48.2 Å². The monoisotopic (exact) mass is 441 g/mol. The molecule has 0 unspecified atom stereocenters. The first-order valence-corrected chi connectivity index (χ1v) is 11.3. The molecule has 8 heteroatoms. The molecule has 1 aliphatic carbocycles. The van der Waals surface area contributed by atoms with Crippen molar-refractivity contribution in [2.75, 3.05) is 23.7 Å². The van der Waals surface area contributed by atoms with Crippen molar-refractivity contribution < 1.29 is 9.59 Å². The highest BCUT2D eigenvalue weighted by atomic mass is 35.5. The van der Waals surface area contributed by atoms with Gasteiger partial charge in [-0.2, -0.15) is 5.10 Å². The Morgan fingerprint density at radius 1 is 1.10 bits per heavy atom. The number of carbonyl (C=O) groups is 2. The minimum atomic E-state index is -0.372. The molecular weight excluding hydrogens is 414 g/mol. The summed E-state index contributed by atoms with van der Waals surface area (Å²) >= 11 is 6.11. The first-order chi connectivity index (χ1) is 15.1. The number of nitrogens with zero attached hydrogens (tertiary/aromatic N) is 3. The summed E-state index contributed by atoms with van der Waals surface area (Å²) in [6.45, 7) is 1.42. The van der Waals surface area contributed by atoms with E-state index in [9.17, 15) is 9.59 Å². The maximum Gasteiger partial charge on any atom is 0.324 e. The van der Waals surface area contributed by atoms with Gasteiger partial charge >= 0.3 is 6.03 Å². The van der Waals surface area contributed by atoms with Crippen LogP contribution < -0.4 is 10.6 Å². The zero-order valence-corrected chi connectivity index (χ0v) is 18.3. The van der Waals surface area contributed by atoms with Gasteiger partial charge < -0.3 is 10.2 Å². The lowest BCUT2D eigenvalue weighted by Crippen LogP contribution is -2.39. The molecule has 4 rings (SSSR count). The van der Waals surface area contributed by atoms with Crippen LogP contribution in [0, 0.1) is 0 Å². The van der Waals surface area contributed by atoms with E-state index in [0.29, 0.717) is 36.0 Å². The average Bonchev–Trinajstić information content (AvgIpc) is 3.24. The van der Waals surface area contributed by atoms with Gasteiger partial charge in [-0.05, 0) is 50.7 Å². The number of benzene rings is 1. The van der Waals surface area contributed by atoms with E-state index in [1.165, 1.54) is 18.4 Å². The Balaban J connectivity index is 1.31. The summed E-state index contributed by atoms with van der Waals surface area (Å²) in [5.41, 5.74) is 1.84. The molecule has 0 radical (unpaired) electrons. The van der Waals surface area contributed by atoms with Gasteiger partial charge in [0.15, 0.2) is 0 Å². The molecule has 0 spiro atoms. The van der Waals surface area contributed by atoms with Gasteiger partial charge in [0.1, 0.15) is 5.82 Å². The Kier molecular flexibility index (Phi) is 6.92. The molecule has 2 aliphatic rings. The number of piperidine rings is 1. The van der Waals surface area contributed by atoms with Crippen molar-refractivity contribution in [3.63, 3.8) is 0 Å². The second kappa shape index (κ2) is 10.0. The molecule has 3 amide bonds. The van der Waals surface area contributed by atoms with Crippen LogP contribution in [0.2, 0.25) is 5.02 Å². The number of rotatable bonds is 5. The molecule has 1 saturated heterocycles. The molecule has 0 saturated carbocycles. The number of halogens is 1. The van der Waals surface area contributed by atoms with Crippen molar-refractivity contribution in [1.82, 2.24) is 14.7 Å². The molecule has 2 heterocycles. The number of carbonyl (C=O) groups excluding carboxylic acids is 2. The van der Waals surface area contributed by atoms with Gasteiger partial charge in [-0.25, -0.2) is 9.48 Å². The predicted molar refractivity (Wildman–Crippen MR) is 122 cm³/mol. The van der Waals surface area contributed by atoms with E-state index in [2.05, 4.69) is 21.8 Å². The third kappa shape index (κ3) is 5.47. The van der Waals surface area contributed by atoms with Crippen LogP contribution in [-0.4, -0.2) is 39.7 Å². The largest absolute Gasteiger partial charge is 0.342 e. The lowest BCUT2D eigenvalue weighted by molar-refractivity contribution is -0.131. The fraction of sp³-hybridized carbons (Fsp3) is 0.435. The van der Waals surface area contributed by atoms with Crippen molar-refractivity contribution in [2.45, 2.75) is 51.0 Å². The Bertz CT molecular complexity index is 962. The molecule has 31 heavy (non-hydrogen) atoms. The summed E-state index contributed by atoms with van der Waals surface area (Å²) in [5, 5.41) is 10.5. The Hall–Kier alpha value is -2.80. The Morgan fingerprint density at radius 3 is 2.65 bits per heavy atom. The van der Waals surface area contributed by atoms with E-state index in [-0.39, 0.29) is 18.0 Å². The lowest BCUT2D eigenvalue weighted by atomic mass is 9.96. The second-order valence-corrected chi connectivity index (χ2v) is 8.52. The first-order valence-electron chi connectivity index (χ1n) is 10.9. The Labute approximate surface area is 187 Å². The van der Waals surface area contributed by atoms with Crippen molar-refractivity contribution in [1.29, 1.82) is 0 Å². The summed E-state index contributed by atoms with van der Waals surface area (Å²) < 4.78 is 1.84. The van der Waals surface area contributed by atoms with Crippen molar-refractivity contribution in [3.05, 3.63) is 53.2 Å². The summed E-state index contributed by atoms with van der Waals surface area (Å²) in [5.74, 6) is 0.853. The van der Waals surface area contributed by atoms with Gasteiger partial charge in [-0.1, -0.05) is 35.4 Å². The predicted octanol–water partition coefficient (Wildman–Crippen LogP) is 5.23. The van der Waals surface area contributed by atoms with Crippen LogP contribution in [0.1, 0.15) is 51.0 Å². The van der Waals surface area contributed by atoms with Crippen LogP contribution in [0.25, 0.3) is 0 Å². The number of urea groups is 1. The molecule has 164 valence electrons. The summed E-state index contributed by atoms with van der Waals surface area (Å²) in [4.78, 5) is 27.0. The SMILES string of the molecule is O=C(Nc1ccccc1Cl)Nc1ccnn1C1CCN(C(=O)CC2=CCCCC2)CC1. The van der Waals surface area contributed by atoms with Crippen LogP contribution in [0.3, 0.4) is 0 Å². The molecule has 1 aromatic heterocycles. The topological polar surface area (TPSA) is 79.3 Å². The third-order valence-corrected chi connectivity index (χ3v) is 6.29. The van der Waals surface area contributed by atoms with Gasteiger partial charge in [-0.15, -0.1) is 0 Å². The second-order valence-electron chi connectivity index (χ2n) is 8.12. The molecule has 1 aromatic carbocycles. The molecule has 2 N–H and O–H groups in total. The van der Waals surface area contributed by atoms with E-state index in [4.69, 9.17) is 11.6 Å². The Morgan fingerprint density at radius 2 is 1.90 bits per heavy atom. The van der Waals surface area contributed by atoms with Crippen LogP contribution in [0.5, 0.6) is 0 Å². The average molecular weight is 442 g/mol. The minimum Gasteiger partial charge on any atom is -0.342 e. The number of para-hydroxylation sites is 1. The molecule has 2 aromatic rings. The smallest absolute Gasteiger partial charge is 0.324 e. The number of aromatic nitrogens is 2. The molecule has 1 aliphatic heterocycles. The number of nitrogens with one attached hydrogen (secondary N) is 2. The number of amides is 3. The van der Waals surface area contributed by atoms with Gasteiger partial charge in [0.2, 0.25) is 5.91 Å². The minimum absolute atomic E-state index is 0.142. The standard InChI is InChI=1S/C23H28ClN5O2/c24-19-8-4-5-9-20(19)26-23(31)27-21-10-13-25-29(21)18-11-14-28(15-12-18)22(30)16-17-6-2-1-3-7-17/h4-6,8-10,13,18H,1-3,7,11-12,14-16H2,(H2,26,27,31).